The Morgan fingerprint density at radius 2 is 2.05 bits per heavy atom. The summed E-state index contributed by atoms with van der Waals surface area (Å²) >= 11 is 0. The molecule has 0 atom stereocenters. The van der Waals surface area contributed by atoms with Gasteiger partial charge in [0.05, 0.1) is 17.9 Å². The Labute approximate surface area is 111 Å². The molecule has 0 aliphatic rings. The zero-order valence-electron chi connectivity index (χ0n) is 10.4. The van der Waals surface area contributed by atoms with Crippen molar-refractivity contribution in [2.45, 2.75) is 11.8 Å². The Bertz CT molecular complexity index is 556. The van der Waals surface area contributed by atoms with E-state index in [1.807, 2.05) is 0 Å². The molecule has 0 fully saturated rings. The van der Waals surface area contributed by atoms with Crippen molar-refractivity contribution in [1.82, 2.24) is 4.72 Å². The van der Waals surface area contributed by atoms with Crippen LogP contribution in [-0.2, 0) is 10.0 Å². The Kier molecular flexibility index (Phi) is 5.28. The van der Waals surface area contributed by atoms with Gasteiger partial charge in [-0.05, 0) is 25.1 Å². The number of aliphatic hydroxyl groups is 1. The monoisotopic (exact) mass is 288 g/mol. The van der Waals surface area contributed by atoms with Crippen molar-refractivity contribution in [3.8, 4) is 0 Å². The number of anilines is 1. The van der Waals surface area contributed by atoms with Crippen molar-refractivity contribution in [3.63, 3.8) is 0 Å². The average molecular weight is 288 g/mol. The van der Waals surface area contributed by atoms with Gasteiger partial charge in [0.15, 0.2) is 0 Å². The van der Waals surface area contributed by atoms with Gasteiger partial charge in [-0.3, -0.25) is 0 Å². The summed E-state index contributed by atoms with van der Waals surface area (Å²) in [6, 6.07) is 3.81. The largest absolute Gasteiger partial charge is 0.478 e. The molecular weight excluding hydrogens is 272 g/mol. The fourth-order valence-electron chi connectivity index (χ4n) is 1.47. The summed E-state index contributed by atoms with van der Waals surface area (Å²) in [6.45, 7) is 1.82. The first-order valence-corrected chi connectivity index (χ1v) is 7.12. The number of carboxylic acid groups (broad SMARTS) is 1. The summed E-state index contributed by atoms with van der Waals surface area (Å²) < 4.78 is 26.2. The van der Waals surface area contributed by atoms with Gasteiger partial charge in [-0.1, -0.05) is 0 Å². The molecule has 0 amide bonds. The van der Waals surface area contributed by atoms with E-state index >= 15 is 0 Å². The Morgan fingerprint density at radius 3 is 2.58 bits per heavy atom. The maximum atomic E-state index is 12.0. The molecule has 0 saturated carbocycles. The second-order valence-electron chi connectivity index (χ2n) is 3.67. The first-order chi connectivity index (χ1) is 8.92. The quantitative estimate of drug-likeness (QED) is 0.565. The fourth-order valence-corrected chi connectivity index (χ4v) is 2.70. The molecule has 0 saturated heterocycles. The van der Waals surface area contributed by atoms with Gasteiger partial charge in [0.2, 0.25) is 10.0 Å². The molecule has 4 N–H and O–H groups in total. The molecule has 0 aliphatic carbocycles. The predicted molar refractivity (Wildman–Crippen MR) is 69.8 cm³/mol. The van der Waals surface area contributed by atoms with Crippen molar-refractivity contribution in [2.24, 2.45) is 0 Å². The fraction of sp³-hybridized carbons (Fsp3) is 0.364. The van der Waals surface area contributed by atoms with E-state index in [2.05, 4.69) is 10.0 Å². The van der Waals surface area contributed by atoms with E-state index in [0.29, 0.717) is 12.2 Å². The van der Waals surface area contributed by atoms with Gasteiger partial charge in [-0.15, -0.1) is 0 Å². The summed E-state index contributed by atoms with van der Waals surface area (Å²) in [5.41, 5.74) is 0.198. The van der Waals surface area contributed by atoms with Gasteiger partial charge >= 0.3 is 5.97 Å². The molecule has 1 rings (SSSR count). The van der Waals surface area contributed by atoms with E-state index in [1.165, 1.54) is 12.1 Å². The lowest BCUT2D eigenvalue weighted by atomic mass is 10.2. The standard InChI is InChI=1S/C11H16N2O5S/c1-2-12-9-4-3-8(11(15)16)7-10(9)19(17,18)13-5-6-14/h3-4,7,12-14H,2,5-6H2,1H3,(H,15,16). The van der Waals surface area contributed by atoms with E-state index in [4.69, 9.17) is 10.2 Å². The number of carboxylic acids is 1. The third-order valence-corrected chi connectivity index (χ3v) is 3.79. The van der Waals surface area contributed by atoms with Crippen LogP contribution >= 0.6 is 0 Å². The zero-order valence-corrected chi connectivity index (χ0v) is 11.2. The normalized spacial score (nSPS) is 11.3. The molecular formula is C11H16N2O5S. The summed E-state index contributed by atoms with van der Waals surface area (Å²) in [4.78, 5) is 10.7. The number of aliphatic hydroxyl groups excluding tert-OH is 1. The van der Waals surface area contributed by atoms with Gasteiger partial charge in [0.25, 0.3) is 0 Å². The van der Waals surface area contributed by atoms with Gasteiger partial charge in [-0.25, -0.2) is 17.9 Å². The van der Waals surface area contributed by atoms with Crippen LogP contribution < -0.4 is 10.0 Å². The first-order valence-electron chi connectivity index (χ1n) is 5.64. The van der Waals surface area contributed by atoms with E-state index in [-0.39, 0.29) is 23.6 Å². The second-order valence-corrected chi connectivity index (χ2v) is 5.40. The Balaban J connectivity index is 3.27. The highest BCUT2D eigenvalue weighted by Gasteiger charge is 2.20. The van der Waals surface area contributed by atoms with Crippen molar-refractivity contribution in [1.29, 1.82) is 0 Å². The van der Waals surface area contributed by atoms with Crippen molar-refractivity contribution < 1.29 is 23.4 Å². The van der Waals surface area contributed by atoms with Crippen LogP contribution in [0.15, 0.2) is 23.1 Å². The smallest absolute Gasteiger partial charge is 0.335 e. The van der Waals surface area contributed by atoms with Crippen molar-refractivity contribution in [2.75, 3.05) is 25.0 Å². The average Bonchev–Trinajstić information content (AvgIpc) is 2.37. The number of sulfonamides is 1. The molecule has 106 valence electrons. The predicted octanol–water partition coefficient (Wildman–Crippen LogP) is 0.0872. The topological polar surface area (TPSA) is 116 Å². The lowest BCUT2D eigenvalue weighted by Crippen LogP contribution is -2.27. The summed E-state index contributed by atoms with van der Waals surface area (Å²) in [5.74, 6) is -1.21. The molecule has 0 spiro atoms. The lowest BCUT2D eigenvalue weighted by Gasteiger charge is -2.12. The lowest BCUT2D eigenvalue weighted by molar-refractivity contribution is 0.0696. The maximum absolute atomic E-state index is 12.0. The highest BCUT2D eigenvalue weighted by molar-refractivity contribution is 7.89. The minimum atomic E-state index is -3.87. The molecule has 0 heterocycles. The molecule has 0 unspecified atom stereocenters. The third-order valence-electron chi connectivity index (χ3n) is 2.29. The second kappa shape index (κ2) is 6.50. The first kappa shape index (κ1) is 15.4. The van der Waals surface area contributed by atoms with Gasteiger partial charge in [0, 0.05) is 13.1 Å². The number of benzene rings is 1. The van der Waals surface area contributed by atoms with Crippen LogP contribution in [0, 0.1) is 0 Å². The maximum Gasteiger partial charge on any atom is 0.335 e. The summed E-state index contributed by atoms with van der Waals surface area (Å²) in [7, 11) is -3.87. The van der Waals surface area contributed by atoms with Gasteiger partial charge < -0.3 is 15.5 Å². The molecule has 8 heteroatoms. The summed E-state index contributed by atoms with van der Waals surface area (Å²) in [6.07, 6.45) is 0. The number of nitrogens with one attached hydrogen (secondary N) is 2. The number of hydrogen-bond acceptors (Lipinski definition) is 5. The molecule has 1 aromatic rings. The van der Waals surface area contributed by atoms with E-state index in [0.717, 1.165) is 6.07 Å². The molecule has 19 heavy (non-hydrogen) atoms. The van der Waals surface area contributed by atoms with E-state index < -0.39 is 16.0 Å². The van der Waals surface area contributed by atoms with Crippen LogP contribution in [0.3, 0.4) is 0 Å². The minimum Gasteiger partial charge on any atom is -0.478 e. The highest BCUT2D eigenvalue weighted by Crippen LogP contribution is 2.22. The van der Waals surface area contributed by atoms with Crippen LogP contribution in [-0.4, -0.2) is 44.3 Å². The summed E-state index contributed by atoms with van der Waals surface area (Å²) in [5, 5.41) is 20.4. The number of hydrogen-bond donors (Lipinski definition) is 4. The zero-order chi connectivity index (χ0) is 14.5. The third kappa shape index (κ3) is 3.91. The Hall–Kier alpha value is -1.64. The molecule has 0 bridgehead atoms. The SMILES string of the molecule is CCNc1ccc(C(=O)O)cc1S(=O)(=O)NCCO. The number of carbonyl (C=O) groups is 1. The number of rotatable bonds is 7. The molecule has 0 radical (unpaired) electrons. The van der Waals surface area contributed by atoms with Crippen molar-refractivity contribution in [3.05, 3.63) is 23.8 Å². The molecule has 1 aromatic carbocycles. The van der Waals surface area contributed by atoms with E-state index in [1.54, 1.807) is 6.92 Å². The van der Waals surface area contributed by atoms with Crippen LogP contribution in [0.4, 0.5) is 5.69 Å². The van der Waals surface area contributed by atoms with Crippen LogP contribution in [0.25, 0.3) is 0 Å². The minimum absolute atomic E-state index is 0.119. The molecule has 0 aliphatic heterocycles. The van der Waals surface area contributed by atoms with E-state index in [9.17, 15) is 13.2 Å². The highest BCUT2D eigenvalue weighted by atomic mass is 32.2. The van der Waals surface area contributed by atoms with Crippen LogP contribution in [0.2, 0.25) is 0 Å². The van der Waals surface area contributed by atoms with Gasteiger partial charge in [-0.2, -0.15) is 0 Å². The van der Waals surface area contributed by atoms with Gasteiger partial charge in [0.1, 0.15) is 4.90 Å². The van der Waals surface area contributed by atoms with Crippen molar-refractivity contribution >= 4 is 21.7 Å². The molecule has 0 aromatic heterocycles. The van der Waals surface area contributed by atoms with Crippen LogP contribution in [0.1, 0.15) is 17.3 Å². The Morgan fingerprint density at radius 1 is 1.37 bits per heavy atom. The molecule has 7 nitrogen and oxygen atoms in total. The number of aromatic carboxylic acids is 1. The van der Waals surface area contributed by atoms with Crippen LogP contribution in [0.5, 0.6) is 0 Å².